The lowest BCUT2D eigenvalue weighted by Gasteiger charge is -2.19. The molecule has 2 atom stereocenters. The third kappa shape index (κ3) is 3.46. The Kier molecular flexibility index (Phi) is 5.77. The number of likely N-dealkylation sites (tertiary alicyclic amines) is 1. The fourth-order valence-corrected chi connectivity index (χ4v) is 2.77. The van der Waals surface area contributed by atoms with Gasteiger partial charge < -0.3 is 10.6 Å². The molecule has 6 heteroatoms. The highest BCUT2D eigenvalue weighted by Crippen LogP contribution is 2.25. The maximum atomic E-state index is 13.7. The van der Waals surface area contributed by atoms with Crippen LogP contribution >= 0.6 is 28.3 Å². The predicted molar refractivity (Wildman–Crippen MR) is 79.0 cm³/mol. The summed E-state index contributed by atoms with van der Waals surface area (Å²) >= 11 is 3.23. The van der Waals surface area contributed by atoms with Gasteiger partial charge in [-0.2, -0.15) is 0 Å². The van der Waals surface area contributed by atoms with Crippen LogP contribution in [0.2, 0.25) is 0 Å². The van der Waals surface area contributed by atoms with Crippen LogP contribution in [-0.4, -0.2) is 29.9 Å². The summed E-state index contributed by atoms with van der Waals surface area (Å²) in [5, 5.41) is 0. The molecule has 2 rings (SSSR count). The number of hydrogen-bond acceptors (Lipinski definition) is 2. The molecule has 2 N–H and O–H groups in total. The molecule has 2 unspecified atom stereocenters. The van der Waals surface area contributed by atoms with Crippen molar-refractivity contribution < 1.29 is 9.18 Å². The molecule has 0 saturated carbocycles. The molecule has 106 valence electrons. The molecule has 3 nitrogen and oxygen atoms in total. The van der Waals surface area contributed by atoms with E-state index in [4.69, 9.17) is 5.73 Å². The van der Waals surface area contributed by atoms with Crippen molar-refractivity contribution in [2.45, 2.75) is 19.4 Å². The van der Waals surface area contributed by atoms with Gasteiger partial charge in [-0.15, -0.1) is 12.4 Å². The number of carbonyl (C=O) groups is 1. The molecule has 1 heterocycles. The Morgan fingerprint density at radius 1 is 1.58 bits per heavy atom. The van der Waals surface area contributed by atoms with Crippen LogP contribution in [0, 0.1) is 11.7 Å². The van der Waals surface area contributed by atoms with Crippen molar-refractivity contribution in [1.29, 1.82) is 0 Å². The molecule has 0 bridgehead atoms. The van der Waals surface area contributed by atoms with Crippen molar-refractivity contribution in [3.8, 4) is 0 Å². The second-order valence-electron chi connectivity index (χ2n) is 4.76. The van der Waals surface area contributed by atoms with Crippen molar-refractivity contribution >= 4 is 34.2 Å². The number of amides is 1. The van der Waals surface area contributed by atoms with E-state index in [1.807, 2.05) is 6.92 Å². The van der Waals surface area contributed by atoms with Crippen LogP contribution in [0.25, 0.3) is 0 Å². The number of rotatable bonds is 2. The summed E-state index contributed by atoms with van der Waals surface area (Å²) in [5.74, 6) is -0.443. The minimum absolute atomic E-state index is 0. The zero-order valence-electron chi connectivity index (χ0n) is 10.6. The Morgan fingerprint density at radius 2 is 2.26 bits per heavy atom. The van der Waals surface area contributed by atoms with Crippen LogP contribution in [0.4, 0.5) is 4.39 Å². The van der Waals surface area contributed by atoms with E-state index >= 15 is 0 Å². The molecule has 1 fully saturated rings. The number of benzene rings is 1. The first kappa shape index (κ1) is 16.4. The third-order valence-electron chi connectivity index (χ3n) is 3.43. The molecule has 0 aromatic heterocycles. The second-order valence-corrected chi connectivity index (χ2v) is 5.61. The monoisotopic (exact) mass is 350 g/mol. The molecule has 19 heavy (non-hydrogen) atoms. The molecule has 0 spiro atoms. The summed E-state index contributed by atoms with van der Waals surface area (Å²) in [7, 11) is 0. The minimum atomic E-state index is -0.487. The lowest BCUT2D eigenvalue weighted by atomic mass is 10.0. The van der Waals surface area contributed by atoms with Crippen LogP contribution in [0.15, 0.2) is 22.7 Å². The Hall–Kier alpha value is -0.650. The van der Waals surface area contributed by atoms with Crippen LogP contribution in [-0.2, 0) is 0 Å². The fraction of sp³-hybridized carbons (Fsp3) is 0.462. The number of carbonyl (C=O) groups excluding carboxylic acids is 1. The van der Waals surface area contributed by atoms with E-state index in [9.17, 15) is 9.18 Å². The Morgan fingerprint density at radius 3 is 2.79 bits per heavy atom. The molecular formula is C13H17BrClFN2O. The van der Waals surface area contributed by atoms with Gasteiger partial charge in [0, 0.05) is 23.6 Å². The average molecular weight is 352 g/mol. The van der Waals surface area contributed by atoms with E-state index in [1.54, 1.807) is 17.0 Å². The van der Waals surface area contributed by atoms with Crippen molar-refractivity contribution in [1.82, 2.24) is 4.90 Å². The average Bonchev–Trinajstić information content (AvgIpc) is 2.77. The molecule has 0 radical (unpaired) electrons. The van der Waals surface area contributed by atoms with E-state index in [0.29, 0.717) is 23.5 Å². The molecule has 1 aromatic rings. The number of nitrogens with two attached hydrogens (primary N) is 1. The maximum Gasteiger partial charge on any atom is 0.257 e. The van der Waals surface area contributed by atoms with E-state index in [0.717, 1.165) is 6.42 Å². The Balaban J connectivity index is 0.00000180. The number of halogens is 3. The van der Waals surface area contributed by atoms with Gasteiger partial charge in [0.15, 0.2) is 0 Å². The smallest absolute Gasteiger partial charge is 0.257 e. The van der Waals surface area contributed by atoms with Gasteiger partial charge in [0.05, 0.1) is 5.56 Å². The number of nitrogens with zero attached hydrogens (tertiary/aromatic N) is 1. The zero-order chi connectivity index (χ0) is 13.3. The molecule has 1 aromatic carbocycles. The third-order valence-corrected chi connectivity index (χ3v) is 4.09. The lowest BCUT2D eigenvalue weighted by molar-refractivity contribution is 0.0780. The summed E-state index contributed by atoms with van der Waals surface area (Å²) in [6.45, 7) is 3.20. The van der Waals surface area contributed by atoms with Crippen molar-refractivity contribution in [2.75, 3.05) is 13.1 Å². The normalized spacial score (nSPS) is 20.0. The molecule has 1 aliphatic heterocycles. The van der Waals surface area contributed by atoms with Crippen LogP contribution < -0.4 is 5.73 Å². The topological polar surface area (TPSA) is 46.3 Å². The van der Waals surface area contributed by atoms with Gasteiger partial charge in [0.2, 0.25) is 0 Å². The fourth-order valence-electron chi connectivity index (χ4n) is 2.26. The quantitative estimate of drug-likeness (QED) is 0.890. The van der Waals surface area contributed by atoms with E-state index < -0.39 is 5.82 Å². The van der Waals surface area contributed by atoms with Gasteiger partial charge in [0.1, 0.15) is 5.82 Å². The highest BCUT2D eigenvalue weighted by Gasteiger charge is 2.30. The van der Waals surface area contributed by atoms with E-state index in [1.165, 1.54) is 6.07 Å². The highest BCUT2D eigenvalue weighted by molar-refractivity contribution is 9.10. The van der Waals surface area contributed by atoms with Crippen molar-refractivity contribution in [3.05, 3.63) is 34.1 Å². The Bertz CT molecular complexity index is 450. The molecule has 1 amide bonds. The van der Waals surface area contributed by atoms with Crippen LogP contribution in [0.1, 0.15) is 23.7 Å². The molecule has 1 saturated heterocycles. The van der Waals surface area contributed by atoms with E-state index in [-0.39, 0.29) is 29.9 Å². The molecule has 0 aliphatic carbocycles. The Labute approximate surface area is 126 Å². The van der Waals surface area contributed by atoms with Gasteiger partial charge in [0.25, 0.3) is 5.91 Å². The summed E-state index contributed by atoms with van der Waals surface area (Å²) < 4.78 is 14.2. The highest BCUT2D eigenvalue weighted by atomic mass is 79.9. The van der Waals surface area contributed by atoms with E-state index in [2.05, 4.69) is 15.9 Å². The predicted octanol–water partition coefficient (Wildman–Crippen LogP) is 2.82. The SMILES string of the molecule is CC(N)C1CCN(C(=O)c2c(F)cccc2Br)C1.Cl. The lowest BCUT2D eigenvalue weighted by Crippen LogP contribution is -2.33. The second kappa shape index (κ2) is 6.68. The van der Waals surface area contributed by atoms with Crippen molar-refractivity contribution in [2.24, 2.45) is 11.7 Å². The largest absolute Gasteiger partial charge is 0.338 e. The van der Waals surface area contributed by atoms with Crippen LogP contribution in [0.5, 0.6) is 0 Å². The van der Waals surface area contributed by atoms with Gasteiger partial charge >= 0.3 is 0 Å². The van der Waals surface area contributed by atoms with Gasteiger partial charge in [-0.3, -0.25) is 4.79 Å². The molecular weight excluding hydrogens is 335 g/mol. The first-order chi connectivity index (χ1) is 8.50. The van der Waals surface area contributed by atoms with Gasteiger partial charge in [-0.25, -0.2) is 4.39 Å². The van der Waals surface area contributed by atoms with Gasteiger partial charge in [-0.05, 0) is 47.3 Å². The van der Waals surface area contributed by atoms with Crippen molar-refractivity contribution in [3.63, 3.8) is 0 Å². The first-order valence-corrected chi connectivity index (χ1v) is 6.79. The summed E-state index contributed by atoms with van der Waals surface area (Å²) in [5.41, 5.74) is 5.95. The minimum Gasteiger partial charge on any atom is -0.338 e. The maximum absolute atomic E-state index is 13.7. The summed E-state index contributed by atoms with van der Waals surface area (Å²) in [6, 6.07) is 4.61. The standard InChI is InChI=1S/C13H16BrFN2O.ClH/c1-8(16)9-5-6-17(7-9)13(18)12-10(14)3-2-4-11(12)15;/h2-4,8-9H,5-7,16H2,1H3;1H. The molecule has 1 aliphatic rings. The first-order valence-electron chi connectivity index (χ1n) is 5.99. The van der Waals surface area contributed by atoms with Crippen LogP contribution in [0.3, 0.4) is 0 Å². The summed E-state index contributed by atoms with van der Waals surface area (Å²) in [6.07, 6.45) is 0.884. The number of hydrogen-bond donors (Lipinski definition) is 1. The zero-order valence-corrected chi connectivity index (χ0v) is 13.0. The summed E-state index contributed by atoms with van der Waals surface area (Å²) in [4.78, 5) is 13.9. The van der Waals surface area contributed by atoms with Gasteiger partial charge in [-0.1, -0.05) is 6.07 Å².